The predicted octanol–water partition coefficient (Wildman–Crippen LogP) is 0.916. The first kappa shape index (κ1) is 13.1. The lowest BCUT2D eigenvalue weighted by molar-refractivity contribution is 0.0543. The molecule has 0 spiro atoms. The Hall–Kier alpha value is -1.92. The molecule has 6 nitrogen and oxygen atoms in total. The molecule has 0 unspecified atom stereocenters. The molecule has 2 N–H and O–H groups in total. The van der Waals surface area contributed by atoms with Gasteiger partial charge in [0.05, 0.1) is 6.10 Å². The van der Waals surface area contributed by atoms with Crippen molar-refractivity contribution in [3.63, 3.8) is 0 Å². The molecular formula is C14H17N3O3. The molecular weight excluding hydrogens is 258 g/mol. The fourth-order valence-electron chi connectivity index (χ4n) is 2.42. The second kappa shape index (κ2) is 5.60. The van der Waals surface area contributed by atoms with Crippen LogP contribution in [0.4, 0.5) is 5.95 Å². The highest BCUT2D eigenvalue weighted by atomic mass is 16.5. The van der Waals surface area contributed by atoms with Crippen LogP contribution in [0.1, 0.15) is 6.42 Å². The molecule has 2 heterocycles. The van der Waals surface area contributed by atoms with Crippen LogP contribution in [0.5, 0.6) is 0 Å². The minimum atomic E-state index is -0.563. The van der Waals surface area contributed by atoms with Gasteiger partial charge in [-0.3, -0.25) is 0 Å². The van der Waals surface area contributed by atoms with E-state index in [0.29, 0.717) is 31.3 Å². The largest absolute Gasteiger partial charge is 0.396 e. The minimum absolute atomic E-state index is 0.0104. The molecule has 20 heavy (non-hydrogen) atoms. The number of β-amino-alcohol motifs (C(OH)–C–C–N with tert-alkyl or cyclic N) is 1. The molecule has 6 heteroatoms. The van der Waals surface area contributed by atoms with E-state index in [-0.39, 0.29) is 12.5 Å². The van der Waals surface area contributed by atoms with Crippen LogP contribution < -0.4 is 4.90 Å². The quantitative estimate of drug-likeness (QED) is 0.866. The van der Waals surface area contributed by atoms with Gasteiger partial charge < -0.3 is 19.6 Å². The van der Waals surface area contributed by atoms with Crippen LogP contribution in [-0.4, -0.2) is 46.2 Å². The van der Waals surface area contributed by atoms with Crippen LogP contribution in [0.25, 0.3) is 11.5 Å². The Morgan fingerprint density at radius 2 is 2.10 bits per heavy atom. The summed E-state index contributed by atoms with van der Waals surface area (Å²) in [6.45, 7) is 1.13. The maximum Gasteiger partial charge on any atom is 0.266 e. The molecule has 2 aromatic rings. The summed E-state index contributed by atoms with van der Waals surface area (Å²) in [5, 5.41) is 23.0. The molecule has 1 aliphatic rings. The summed E-state index contributed by atoms with van der Waals surface area (Å²) in [5.74, 6) is 0.894. The van der Waals surface area contributed by atoms with Crippen molar-refractivity contribution in [3.8, 4) is 11.5 Å². The standard InChI is InChI=1S/C14H17N3O3/c18-9-11-6-7-17(8-12(11)19)14-15-13(20-16-14)10-4-2-1-3-5-10/h1-5,11-12,18-19H,6-9H2/t11-,12+/m1/s1. The van der Waals surface area contributed by atoms with Gasteiger partial charge in [0.1, 0.15) is 0 Å². The van der Waals surface area contributed by atoms with Gasteiger partial charge in [0.25, 0.3) is 11.8 Å². The number of hydrogen-bond acceptors (Lipinski definition) is 6. The van der Waals surface area contributed by atoms with Gasteiger partial charge in [0.15, 0.2) is 0 Å². The molecule has 1 aliphatic heterocycles. The Morgan fingerprint density at radius 1 is 1.30 bits per heavy atom. The molecule has 1 fully saturated rings. The van der Waals surface area contributed by atoms with E-state index >= 15 is 0 Å². The predicted molar refractivity (Wildman–Crippen MR) is 73.1 cm³/mol. The second-order valence-corrected chi connectivity index (χ2v) is 5.01. The molecule has 0 radical (unpaired) electrons. The van der Waals surface area contributed by atoms with Crippen molar-refractivity contribution >= 4 is 5.95 Å². The first-order chi connectivity index (χ1) is 9.78. The maximum atomic E-state index is 9.94. The number of hydrogen-bond donors (Lipinski definition) is 2. The zero-order valence-corrected chi connectivity index (χ0v) is 11.0. The molecule has 1 saturated heterocycles. The third-order valence-corrected chi connectivity index (χ3v) is 3.67. The van der Waals surface area contributed by atoms with E-state index in [1.165, 1.54) is 0 Å². The minimum Gasteiger partial charge on any atom is -0.396 e. The van der Waals surface area contributed by atoms with Gasteiger partial charge in [0.2, 0.25) is 0 Å². The molecule has 1 aromatic heterocycles. The van der Waals surface area contributed by atoms with Gasteiger partial charge in [-0.1, -0.05) is 18.2 Å². The number of piperidine rings is 1. The van der Waals surface area contributed by atoms with Crippen molar-refractivity contribution in [1.29, 1.82) is 0 Å². The van der Waals surface area contributed by atoms with E-state index < -0.39 is 6.10 Å². The van der Waals surface area contributed by atoms with Gasteiger partial charge >= 0.3 is 0 Å². The number of benzene rings is 1. The molecule has 0 amide bonds. The van der Waals surface area contributed by atoms with Gasteiger partial charge in [-0.25, -0.2) is 0 Å². The van der Waals surface area contributed by atoms with Crippen molar-refractivity contribution in [2.45, 2.75) is 12.5 Å². The average Bonchev–Trinajstić information content (AvgIpc) is 2.98. The van der Waals surface area contributed by atoms with Crippen molar-refractivity contribution in [1.82, 2.24) is 10.1 Å². The van der Waals surface area contributed by atoms with Crippen LogP contribution in [0.15, 0.2) is 34.9 Å². The van der Waals surface area contributed by atoms with Crippen molar-refractivity contribution in [2.24, 2.45) is 5.92 Å². The number of aliphatic hydroxyl groups is 2. The van der Waals surface area contributed by atoms with E-state index in [9.17, 15) is 5.11 Å². The summed E-state index contributed by atoms with van der Waals surface area (Å²) < 4.78 is 5.26. The Labute approximate surface area is 116 Å². The Kier molecular flexibility index (Phi) is 3.66. The maximum absolute atomic E-state index is 9.94. The number of anilines is 1. The average molecular weight is 275 g/mol. The van der Waals surface area contributed by atoms with Gasteiger partial charge in [-0.05, 0) is 23.7 Å². The molecule has 0 aliphatic carbocycles. The third kappa shape index (κ3) is 2.52. The Morgan fingerprint density at radius 3 is 2.80 bits per heavy atom. The molecule has 0 bridgehead atoms. The summed E-state index contributed by atoms with van der Waals surface area (Å²) in [4.78, 5) is 6.25. The van der Waals surface area contributed by atoms with E-state index in [1.807, 2.05) is 35.2 Å². The van der Waals surface area contributed by atoms with Crippen molar-refractivity contribution in [2.75, 3.05) is 24.6 Å². The molecule has 3 rings (SSSR count). The van der Waals surface area contributed by atoms with Crippen molar-refractivity contribution < 1.29 is 14.7 Å². The Bertz CT molecular complexity index is 558. The fourth-order valence-corrected chi connectivity index (χ4v) is 2.42. The van der Waals surface area contributed by atoms with Gasteiger partial charge in [-0.15, -0.1) is 0 Å². The lowest BCUT2D eigenvalue weighted by Gasteiger charge is -2.34. The molecule has 0 saturated carbocycles. The van der Waals surface area contributed by atoms with Crippen LogP contribution >= 0.6 is 0 Å². The van der Waals surface area contributed by atoms with Gasteiger partial charge in [-0.2, -0.15) is 4.98 Å². The smallest absolute Gasteiger partial charge is 0.266 e. The molecule has 1 aromatic carbocycles. The summed E-state index contributed by atoms with van der Waals surface area (Å²) >= 11 is 0. The molecule has 2 atom stereocenters. The zero-order valence-electron chi connectivity index (χ0n) is 11.0. The van der Waals surface area contributed by atoms with Crippen LogP contribution in [-0.2, 0) is 0 Å². The summed E-state index contributed by atoms with van der Waals surface area (Å²) in [6.07, 6.45) is 0.153. The van der Waals surface area contributed by atoms with E-state index in [1.54, 1.807) is 0 Å². The normalized spacial score (nSPS) is 23.0. The first-order valence-corrected chi connectivity index (χ1v) is 6.71. The zero-order chi connectivity index (χ0) is 13.9. The lowest BCUT2D eigenvalue weighted by atomic mass is 9.95. The van der Waals surface area contributed by atoms with Crippen LogP contribution in [0.3, 0.4) is 0 Å². The van der Waals surface area contributed by atoms with E-state index in [2.05, 4.69) is 10.1 Å². The summed E-state index contributed by atoms with van der Waals surface area (Å²) in [5.41, 5.74) is 0.872. The fraction of sp³-hybridized carbons (Fsp3) is 0.429. The van der Waals surface area contributed by atoms with Crippen LogP contribution in [0.2, 0.25) is 0 Å². The SMILES string of the molecule is OC[C@H]1CCN(c2noc(-c3ccccc3)n2)C[C@@H]1O. The third-order valence-electron chi connectivity index (χ3n) is 3.67. The summed E-state index contributed by atoms with van der Waals surface area (Å²) in [6, 6.07) is 9.57. The monoisotopic (exact) mass is 275 g/mol. The highest BCUT2D eigenvalue weighted by Crippen LogP contribution is 2.24. The van der Waals surface area contributed by atoms with Crippen molar-refractivity contribution in [3.05, 3.63) is 30.3 Å². The highest BCUT2D eigenvalue weighted by molar-refractivity contribution is 5.54. The number of nitrogens with zero attached hydrogens (tertiary/aromatic N) is 3. The topological polar surface area (TPSA) is 82.6 Å². The first-order valence-electron chi connectivity index (χ1n) is 6.71. The lowest BCUT2D eigenvalue weighted by Crippen LogP contribution is -2.45. The van der Waals surface area contributed by atoms with Crippen LogP contribution in [0, 0.1) is 5.92 Å². The van der Waals surface area contributed by atoms with E-state index in [0.717, 1.165) is 5.56 Å². The summed E-state index contributed by atoms with van der Waals surface area (Å²) in [7, 11) is 0. The second-order valence-electron chi connectivity index (χ2n) is 5.01. The number of aliphatic hydroxyl groups excluding tert-OH is 2. The number of rotatable bonds is 3. The van der Waals surface area contributed by atoms with E-state index in [4.69, 9.17) is 9.63 Å². The van der Waals surface area contributed by atoms with Gasteiger partial charge in [0, 0.05) is 31.2 Å². The Balaban J connectivity index is 1.75. The number of aromatic nitrogens is 2. The molecule has 106 valence electrons. The highest BCUT2D eigenvalue weighted by Gasteiger charge is 2.29.